The lowest BCUT2D eigenvalue weighted by Crippen LogP contribution is -2.62. The molecular weight excluding hydrogens is 1690 g/mol. The van der Waals surface area contributed by atoms with E-state index in [4.69, 9.17) is 15.9 Å². The highest BCUT2D eigenvalue weighted by Gasteiger charge is 2.39. The summed E-state index contributed by atoms with van der Waals surface area (Å²) in [6.07, 6.45) is 1.69. The van der Waals surface area contributed by atoms with Gasteiger partial charge < -0.3 is 126 Å². The number of phenolic OH excluding ortho intramolecular Hbond substituents is 1. The number of phenols is 1. The molecule has 0 saturated carbocycles. The van der Waals surface area contributed by atoms with Gasteiger partial charge in [0.1, 0.15) is 78.3 Å². The van der Waals surface area contributed by atoms with Gasteiger partial charge in [0, 0.05) is 116 Å². The second kappa shape index (κ2) is 50.4. The van der Waals surface area contributed by atoms with Gasteiger partial charge in [-0.05, 0) is 79.1 Å². The fourth-order valence-corrected chi connectivity index (χ4v) is 13.6. The molecule has 13 atom stereocenters. The Hall–Kier alpha value is -13.6. The van der Waals surface area contributed by atoms with E-state index in [1.165, 1.54) is 50.6 Å². The van der Waals surface area contributed by atoms with Gasteiger partial charge in [-0.3, -0.25) is 77.3 Å². The van der Waals surface area contributed by atoms with Crippen LogP contribution in [0.4, 0.5) is 0 Å². The van der Waals surface area contributed by atoms with Crippen LogP contribution in [0.3, 0.4) is 0 Å². The molecule has 0 saturated heterocycles. The third kappa shape index (κ3) is 32.8. The topological polar surface area (TPSA) is 654 Å². The first-order valence-electron chi connectivity index (χ1n) is 40.5. The molecule has 3 heterocycles. The van der Waals surface area contributed by atoms with Gasteiger partial charge in [-0.2, -0.15) is 25.3 Å². The quantitative estimate of drug-likeness (QED) is 0.00773. The number of aromatic amines is 3. The lowest BCUT2D eigenvalue weighted by atomic mass is 9.99. The number of hydrogen-bond acceptors (Lipinski definition) is 23. The summed E-state index contributed by atoms with van der Waals surface area (Å²) in [6.45, 7) is 5.95. The number of hydrogen-bond donors (Lipinski definition) is 26. The van der Waals surface area contributed by atoms with Crippen LogP contribution in [0, 0.1) is 11.3 Å². The Morgan fingerprint density at radius 3 is 1.47 bits per heavy atom. The number of carbonyl (C=O) groups excluding carboxylic acids is 14. The number of aromatic hydroxyl groups is 1. The average molecular weight is 1800 g/mol. The summed E-state index contributed by atoms with van der Waals surface area (Å²) in [5.41, 5.74) is 8.59. The summed E-state index contributed by atoms with van der Waals surface area (Å²) in [5, 5.41) is 87.5. The largest absolute Gasteiger partial charge is 0.508 e. The number of amides is 14. The second-order valence-electron chi connectivity index (χ2n) is 30.2. The van der Waals surface area contributed by atoms with Crippen molar-refractivity contribution >= 4 is 148 Å². The number of aromatic nitrogens is 4. The first-order chi connectivity index (χ1) is 60.5. The van der Waals surface area contributed by atoms with Crippen LogP contribution >= 0.6 is 25.3 Å². The van der Waals surface area contributed by atoms with E-state index in [-0.39, 0.29) is 94.4 Å². The van der Waals surface area contributed by atoms with Gasteiger partial charge in [0.15, 0.2) is 5.96 Å². The summed E-state index contributed by atoms with van der Waals surface area (Å²) in [5.74, 6) is -17.7. The predicted molar refractivity (Wildman–Crippen MR) is 467 cm³/mol. The minimum Gasteiger partial charge on any atom is -0.508 e. The monoisotopic (exact) mass is 1800 g/mol. The number of carbonyl (C=O) groups is 16. The number of guanidine groups is 1. The van der Waals surface area contributed by atoms with Crippen LogP contribution < -0.4 is 85.5 Å². The summed E-state index contributed by atoms with van der Waals surface area (Å²) in [6, 6.07) is 9.04. The number of ether oxygens (including phenoxy) is 1. The molecule has 127 heavy (non-hydrogen) atoms. The number of H-pyrrole nitrogens is 3. The number of para-hydroxylation sites is 2. The third-order valence-electron chi connectivity index (χ3n) is 19.8. The van der Waals surface area contributed by atoms with E-state index < -0.39 is 198 Å². The molecule has 0 aliphatic carbocycles. The van der Waals surface area contributed by atoms with Crippen molar-refractivity contribution in [3.05, 3.63) is 156 Å². The van der Waals surface area contributed by atoms with Crippen molar-refractivity contribution in [2.75, 3.05) is 44.4 Å². The maximum Gasteiger partial charge on any atom is 0.326 e. The van der Waals surface area contributed by atoms with Gasteiger partial charge in [-0.15, -0.1) is 0 Å². The van der Waals surface area contributed by atoms with Crippen LogP contribution in [-0.2, 0) is 114 Å². The molecule has 7 aromatic rings. The molecule has 7 rings (SSSR count). The number of rotatable bonds is 52. The number of carboxylic acid groups (broad SMARTS) is 2. The van der Waals surface area contributed by atoms with Gasteiger partial charge in [-0.25, -0.2) is 9.78 Å². The van der Waals surface area contributed by atoms with E-state index in [0.29, 0.717) is 50.5 Å². The number of aliphatic carboxylic acids is 2. The maximum atomic E-state index is 15.3. The van der Waals surface area contributed by atoms with Crippen molar-refractivity contribution < 1.29 is 102 Å². The second-order valence-corrected chi connectivity index (χ2v) is 30.9. The van der Waals surface area contributed by atoms with E-state index in [0.717, 1.165) is 6.92 Å². The third-order valence-corrected chi connectivity index (χ3v) is 20.6. The molecule has 0 bridgehead atoms. The smallest absolute Gasteiger partial charge is 0.326 e. The Morgan fingerprint density at radius 2 is 0.945 bits per heavy atom. The number of imidazole rings is 1. The van der Waals surface area contributed by atoms with Crippen molar-refractivity contribution in [1.82, 2.24) is 99.7 Å². The van der Waals surface area contributed by atoms with Crippen LogP contribution in [0.1, 0.15) is 88.2 Å². The number of nitrogens with two attached hydrogens (primary N) is 1. The van der Waals surface area contributed by atoms with Crippen LogP contribution in [-0.4, -0.2) is 264 Å². The van der Waals surface area contributed by atoms with Crippen molar-refractivity contribution in [3.63, 3.8) is 0 Å². The molecule has 14 amide bonds. The van der Waals surface area contributed by atoms with Gasteiger partial charge in [0.25, 0.3) is 0 Å². The van der Waals surface area contributed by atoms with Crippen molar-refractivity contribution in [2.24, 2.45) is 11.7 Å². The maximum absolute atomic E-state index is 15.3. The van der Waals surface area contributed by atoms with E-state index >= 15 is 9.59 Å². The highest BCUT2D eigenvalue weighted by atomic mass is 32.1. The van der Waals surface area contributed by atoms with Gasteiger partial charge >= 0.3 is 11.9 Å². The minimum atomic E-state index is -1.88. The van der Waals surface area contributed by atoms with Gasteiger partial charge in [0.05, 0.1) is 38.6 Å². The number of benzene rings is 4. The molecule has 42 nitrogen and oxygen atoms in total. The molecule has 0 radical (unpaired) electrons. The average Bonchev–Trinajstić information content (AvgIpc) is 1.70. The first-order valence-corrected chi connectivity index (χ1v) is 41.8. The molecule has 0 aliphatic heterocycles. The fourth-order valence-electron chi connectivity index (χ4n) is 13.1. The predicted octanol–water partition coefficient (Wildman–Crippen LogP) is -3.19. The molecule has 25 N–H and O–H groups in total. The van der Waals surface area contributed by atoms with Crippen LogP contribution in [0.25, 0.3) is 21.8 Å². The fraction of sp³-hybridized carbons (Fsp3) is 0.422. The SMILES string of the molecule is CC(=O)N[C@@H](CS)C(=O)N[C@@H](C)C(=O)N[C@@H](CC(=O)O)C(=O)N[C@@H](Cc1c[nH]c2ccccc12)C(=O)N[C@H](C(=O)N[C@@H](CS)C(=O)N[C@@H](Cc1ccc(O)cc1)C(=O)N[C@@H](Cc1c[nH]c2ccccc12)C(=O)N[C@@H](Cc1cnc[nH]1)C(=O)N[C@H](C(=O)N[C@@H](Cc1ccccc1)C(=O)NCC(=O)NCCOCCC(=O)N[C@H](CCCNC(=N)N)C(=O)O)[C@@H](C)O)C(C)C. The zero-order chi connectivity index (χ0) is 93.0. The normalized spacial score (nSPS) is 14.2. The first kappa shape index (κ1) is 100. The van der Waals surface area contributed by atoms with E-state index in [9.17, 15) is 87.5 Å². The van der Waals surface area contributed by atoms with E-state index in [1.807, 2.05) is 0 Å². The number of aliphatic hydroxyl groups is 1. The Bertz CT molecular complexity index is 4980. The number of carboxylic acids is 2. The Morgan fingerprint density at radius 1 is 0.472 bits per heavy atom. The lowest BCUT2D eigenvalue weighted by molar-refractivity contribution is -0.142. The van der Waals surface area contributed by atoms with Gasteiger partial charge in [0.2, 0.25) is 82.7 Å². The van der Waals surface area contributed by atoms with Crippen molar-refractivity contribution in [1.29, 1.82) is 5.41 Å². The number of thiol groups is 2. The molecule has 0 fully saturated rings. The molecule has 684 valence electrons. The number of nitrogens with one attached hydrogen (secondary N) is 19. The van der Waals surface area contributed by atoms with Crippen LogP contribution in [0.2, 0.25) is 0 Å². The molecule has 4 aromatic carbocycles. The lowest BCUT2D eigenvalue weighted by Gasteiger charge is -2.29. The summed E-state index contributed by atoms with van der Waals surface area (Å²) in [7, 11) is 0. The Labute approximate surface area is 739 Å². The van der Waals surface area contributed by atoms with E-state index in [1.54, 1.807) is 105 Å². The standard InChI is InChI=1S/C83H109N21O21S2/c1-43(2)69(103-76(117)61(33-50-37-90-56-19-12-10-17-54(50)56)99-75(116)63(35-68(110)111)96-71(112)44(3)93-78(119)64(40-126)94-46(5)106)80(121)102-65(41-127)79(120)97-59(31-48-21-23-52(107)24-22-48)73(114)98-60(32-49-36-89-55-18-11-9-16-53(49)55)74(115)100-62(34-51-38-86-42-92-51)77(118)104-70(45(4)105)81(122)101-58(30-47-14-7-6-8-15-47)72(113)91-39-67(109)87-27-29-125-28-25-66(108)95-57(82(123)124)20-13-26-88-83(84)85/h6-12,14-19,21-24,36-38,42-45,57-65,69-70,89-90,105,107,126-127H,13,20,25-35,39-41H2,1-5H3,(H,86,92)(H,87,109)(H,91,113)(H,93,119)(H,94,106)(H,95,108)(H,96,112)(H,97,120)(H,98,114)(H,99,116)(H,100,115)(H,101,122)(H,102,121)(H,103,117)(H,104,118)(H,110,111)(H,123,124)(H4,84,85,88)/t44-,45+,57+,58-,59-,60-,61-,62-,63-,64-,65-,69-,70-/m0/s1. The van der Waals surface area contributed by atoms with Crippen LogP contribution in [0.15, 0.2) is 128 Å². The summed E-state index contributed by atoms with van der Waals surface area (Å²) in [4.78, 5) is 234. The highest BCUT2D eigenvalue weighted by molar-refractivity contribution is 7.80. The van der Waals surface area contributed by atoms with Crippen molar-refractivity contribution in [2.45, 2.75) is 171 Å². The van der Waals surface area contributed by atoms with Crippen molar-refractivity contribution in [3.8, 4) is 5.75 Å². The molecular formula is C83H109N21O21S2. The Kier molecular flexibility index (Phi) is 39.8. The molecule has 0 aliphatic rings. The number of fused-ring (bicyclic) bond motifs is 2. The summed E-state index contributed by atoms with van der Waals surface area (Å²) >= 11 is 8.49. The zero-order valence-electron chi connectivity index (χ0n) is 70.2. The Balaban J connectivity index is 1.08. The number of nitrogens with zero attached hydrogens (tertiary/aromatic N) is 1. The number of aliphatic hydroxyl groups excluding tert-OH is 1. The van der Waals surface area contributed by atoms with E-state index in [2.05, 4.69) is 125 Å². The molecule has 0 unspecified atom stereocenters. The minimum absolute atomic E-state index is 0.0606. The van der Waals surface area contributed by atoms with Crippen LogP contribution in [0.5, 0.6) is 5.75 Å². The van der Waals surface area contributed by atoms with Gasteiger partial charge in [-0.1, -0.05) is 92.7 Å². The molecule has 44 heteroatoms. The molecule has 3 aromatic heterocycles. The summed E-state index contributed by atoms with van der Waals surface area (Å²) < 4.78 is 5.44. The highest BCUT2D eigenvalue weighted by Crippen LogP contribution is 2.23. The molecule has 0 spiro atoms. The zero-order valence-corrected chi connectivity index (χ0v) is 72.0.